The van der Waals surface area contributed by atoms with Crippen molar-refractivity contribution in [1.29, 1.82) is 0 Å². The zero-order valence-electron chi connectivity index (χ0n) is 21.7. The van der Waals surface area contributed by atoms with E-state index in [9.17, 15) is 14.0 Å². The number of nitrogens with zero attached hydrogens (tertiary/aromatic N) is 2. The molecule has 0 spiro atoms. The van der Waals surface area contributed by atoms with Crippen molar-refractivity contribution in [2.24, 2.45) is 0 Å². The third-order valence-electron chi connectivity index (χ3n) is 5.37. The van der Waals surface area contributed by atoms with E-state index in [0.717, 1.165) is 11.6 Å². The number of benzene rings is 3. The van der Waals surface area contributed by atoms with Gasteiger partial charge in [0.25, 0.3) is 0 Å². The van der Waals surface area contributed by atoms with Crippen LogP contribution in [0.15, 0.2) is 72.9 Å². The van der Waals surface area contributed by atoms with Gasteiger partial charge in [0, 0.05) is 35.9 Å². The molecule has 0 radical (unpaired) electrons. The summed E-state index contributed by atoms with van der Waals surface area (Å²) in [5.41, 5.74) is 1.72. The quantitative estimate of drug-likeness (QED) is 0.266. The number of halogens is 1. The van der Waals surface area contributed by atoms with Gasteiger partial charge in [0.1, 0.15) is 5.75 Å². The first-order valence-corrected chi connectivity index (χ1v) is 12.0. The number of rotatable bonds is 10. The molecule has 0 saturated heterocycles. The maximum Gasteiger partial charge on any atom is 0.244 e. The summed E-state index contributed by atoms with van der Waals surface area (Å²) in [7, 11) is 3.04. The molecule has 198 valence electrons. The van der Waals surface area contributed by atoms with Crippen LogP contribution < -0.4 is 19.5 Å². The molecule has 38 heavy (non-hydrogen) atoms. The van der Waals surface area contributed by atoms with Crippen LogP contribution in [-0.2, 0) is 16.1 Å². The average Bonchev–Trinajstić information content (AvgIpc) is 2.95. The van der Waals surface area contributed by atoms with Gasteiger partial charge in [-0.05, 0) is 29.8 Å². The van der Waals surface area contributed by atoms with Crippen LogP contribution in [0.4, 0.5) is 10.1 Å². The molecule has 0 atom stereocenters. The Morgan fingerprint density at radius 2 is 1.66 bits per heavy atom. The van der Waals surface area contributed by atoms with Gasteiger partial charge in [-0.2, -0.15) is 0 Å². The molecule has 0 bridgehead atoms. The van der Waals surface area contributed by atoms with Crippen molar-refractivity contribution in [2.45, 2.75) is 20.4 Å². The fraction of sp³-hybridized carbons (Fsp3) is 0.207. The molecule has 1 N–H and O–H groups in total. The van der Waals surface area contributed by atoms with Gasteiger partial charge in [-0.1, -0.05) is 44.2 Å². The highest BCUT2D eigenvalue weighted by molar-refractivity contribution is 5.93. The van der Waals surface area contributed by atoms with Crippen LogP contribution in [0.2, 0.25) is 0 Å². The number of carbonyl (C=O) groups excluding carboxylic acids is 2. The molecule has 0 aliphatic carbocycles. The number of fused-ring (bicyclic) bond motifs is 1. The summed E-state index contributed by atoms with van der Waals surface area (Å²) in [4.78, 5) is 29.5. The fourth-order valence-electron chi connectivity index (χ4n) is 3.65. The van der Waals surface area contributed by atoms with Crippen molar-refractivity contribution in [2.75, 3.05) is 26.1 Å². The lowest BCUT2D eigenvalue weighted by Gasteiger charge is -2.17. The molecule has 9 heteroatoms. The SMILES string of the molecule is CC.COc1cc2nccc(Oc3ccc(NC(=O)CN(C=O)Cc4ccccc4)cc3F)c2cc1OC. The molecule has 0 unspecified atom stereocenters. The number of amides is 2. The molecule has 0 saturated carbocycles. The number of methoxy groups -OCH3 is 2. The van der Waals surface area contributed by atoms with Gasteiger partial charge in [-0.15, -0.1) is 0 Å². The van der Waals surface area contributed by atoms with Gasteiger partial charge in [-0.3, -0.25) is 14.6 Å². The second-order valence-electron chi connectivity index (χ2n) is 7.82. The van der Waals surface area contributed by atoms with Crippen LogP contribution in [-0.4, -0.2) is 43.0 Å². The van der Waals surface area contributed by atoms with E-state index in [0.29, 0.717) is 34.6 Å². The number of aromatic nitrogens is 1. The van der Waals surface area contributed by atoms with Crippen LogP contribution in [0, 0.1) is 5.82 Å². The molecule has 2 amide bonds. The molecule has 1 aromatic heterocycles. The normalized spacial score (nSPS) is 10.1. The first kappa shape index (κ1) is 27.9. The van der Waals surface area contributed by atoms with E-state index in [2.05, 4.69) is 10.3 Å². The monoisotopic (exact) mass is 519 g/mol. The predicted octanol–water partition coefficient (Wildman–Crippen LogP) is 5.81. The number of pyridine rings is 1. The smallest absolute Gasteiger partial charge is 0.244 e. The van der Waals surface area contributed by atoms with Crippen molar-refractivity contribution in [3.05, 3.63) is 84.3 Å². The van der Waals surface area contributed by atoms with E-state index in [4.69, 9.17) is 14.2 Å². The first-order valence-electron chi connectivity index (χ1n) is 12.0. The van der Waals surface area contributed by atoms with Gasteiger partial charge >= 0.3 is 0 Å². The first-order chi connectivity index (χ1) is 18.5. The van der Waals surface area contributed by atoms with E-state index in [1.807, 2.05) is 44.2 Å². The molecule has 0 aliphatic heterocycles. The summed E-state index contributed by atoms with van der Waals surface area (Å²) in [6, 6.07) is 18.4. The van der Waals surface area contributed by atoms with Crippen molar-refractivity contribution in [1.82, 2.24) is 9.88 Å². The lowest BCUT2D eigenvalue weighted by Crippen LogP contribution is -2.31. The summed E-state index contributed by atoms with van der Waals surface area (Å²) in [6.07, 6.45) is 2.15. The van der Waals surface area contributed by atoms with Gasteiger partial charge in [0.05, 0.1) is 26.3 Å². The Kier molecular flexibility index (Phi) is 9.99. The van der Waals surface area contributed by atoms with Crippen molar-refractivity contribution in [3.63, 3.8) is 0 Å². The second kappa shape index (κ2) is 13.6. The molecule has 3 aromatic carbocycles. The molecule has 0 aliphatic rings. The molecule has 8 nitrogen and oxygen atoms in total. The highest BCUT2D eigenvalue weighted by atomic mass is 19.1. The van der Waals surface area contributed by atoms with E-state index in [1.54, 1.807) is 24.4 Å². The fourth-order valence-corrected chi connectivity index (χ4v) is 3.65. The van der Waals surface area contributed by atoms with Gasteiger partial charge < -0.3 is 24.4 Å². The largest absolute Gasteiger partial charge is 0.493 e. The summed E-state index contributed by atoms with van der Waals surface area (Å²) in [5.74, 6) is 0.214. The van der Waals surface area contributed by atoms with E-state index >= 15 is 0 Å². The molecule has 0 fully saturated rings. The van der Waals surface area contributed by atoms with Crippen LogP contribution in [0.3, 0.4) is 0 Å². The molecular weight excluding hydrogens is 489 g/mol. The number of anilines is 1. The maximum absolute atomic E-state index is 14.9. The van der Waals surface area contributed by atoms with Crippen LogP contribution in [0.5, 0.6) is 23.0 Å². The Balaban J connectivity index is 0.00000195. The lowest BCUT2D eigenvalue weighted by molar-refractivity contribution is -0.125. The number of hydrogen-bond acceptors (Lipinski definition) is 6. The minimum absolute atomic E-state index is 0.0334. The Hall–Kier alpha value is -4.66. The van der Waals surface area contributed by atoms with Crippen molar-refractivity contribution >= 4 is 28.9 Å². The highest BCUT2D eigenvalue weighted by Crippen LogP contribution is 2.37. The summed E-state index contributed by atoms with van der Waals surface area (Å²) in [5, 5.41) is 3.22. The summed E-state index contributed by atoms with van der Waals surface area (Å²) >= 11 is 0. The Morgan fingerprint density at radius 3 is 2.32 bits per heavy atom. The lowest BCUT2D eigenvalue weighted by atomic mass is 10.2. The van der Waals surface area contributed by atoms with E-state index in [1.165, 1.54) is 31.3 Å². The molecular formula is C29H30FN3O5. The van der Waals surface area contributed by atoms with Crippen LogP contribution in [0.1, 0.15) is 19.4 Å². The van der Waals surface area contributed by atoms with Gasteiger partial charge in [0.15, 0.2) is 23.1 Å². The second-order valence-corrected chi connectivity index (χ2v) is 7.82. The topological polar surface area (TPSA) is 90.0 Å². The zero-order valence-corrected chi connectivity index (χ0v) is 21.7. The molecule has 4 aromatic rings. The van der Waals surface area contributed by atoms with Gasteiger partial charge in [-0.25, -0.2) is 4.39 Å². The zero-order chi connectivity index (χ0) is 27.5. The van der Waals surface area contributed by atoms with Crippen molar-refractivity contribution < 1.29 is 28.2 Å². The van der Waals surface area contributed by atoms with E-state index < -0.39 is 11.7 Å². The summed E-state index contributed by atoms with van der Waals surface area (Å²) in [6.45, 7) is 4.11. The summed E-state index contributed by atoms with van der Waals surface area (Å²) < 4.78 is 31.3. The van der Waals surface area contributed by atoms with E-state index in [-0.39, 0.29) is 24.5 Å². The Labute approximate surface area is 221 Å². The Morgan fingerprint density at radius 1 is 0.947 bits per heavy atom. The number of hydrogen-bond donors (Lipinski definition) is 1. The van der Waals surface area contributed by atoms with Gasteiger partial charge in [0.2, 0.25) is 12.3 Å². The minimum atomic E-state index is -0.672. The van der Waals surface area contributed by atoms with Crippen LogP contribution in [0.25, 0.3) is 10.9 Å². The third kappa shape index (κ3) is 6.97. The molecule has 1 heterocycles. The number of nitrogens with one attached hydrogen (secondary N) is 1. The van der Waals surface area contributed by atoms with Crippen molar-refractivity contribution in [3.8, 4) is 23.0 Å². The molecule has 4 rings (SSSR count). The minimum Gasteiger partial charge on any atom is -0.493 e. The maximum atomic E-state index is 14.9. The van der Waals surface area contributed by atoms with Crippen LogP contribution >= 0.6 is 0 Å². The Bertz CT molecular complexity index is 1380. The average molecular weight is 520 g/mol. The standard InChI is InChI=1S/C27H24FN3O5.C2H6/c1-34-25-13-20-22(14-26(25)35-2)29-11-10-23(20)36-24-9-8-19(12-21(24)28)30-27(33)16-31(17-32)15-18-6-4-3-5-7-18;1-2/h3-14,17H,15-16H2,1-2H3,(H,30,33);1-2H3. The predicted molar refractivity (Wildman–Crippen MR) is 144 cm³/mol. The highest BCUT2D eigenvalue weighted by Gasteiger charge is 2.15. The third-order valence-corrected chi connectivity index (χ3v) is 5.37. The number of ether oxygens (including phenoxy) is 3. The number of carbonyl (C=O) groups is 2.